The molecule has 2 atom stereocenters. The minimum atomic E-state index is -1.19. The van der Waals surface area contributed by atoms with Crippen molar-refractivity contribution in [1.82, 2.24) is 0 Å². The summed E-state index contributed by atoms with van der Waals surface area (Å²) >= 11 is 5.99. The Labute approximate surface area is 114 Å². The lowest BCUT2D eigenvalue weighted by Gasteiger charge is -2.50. The van der Waals surface area contributed by atoms with E-state index in [0.717, 1.165) is 0 Å². The molecule has 0 aliphatic carbocycles. The zero-order chi connectivity index (χ0) is 13.6. The molecule has 0 unspecified atom stereocenters. The van der Waals surface area contributed by atoms with E-state index in [1.165, 1.54) is 17.1 Å². The van der Waals surface area contributed by atoms with Gasteiger partial charge < -0.3 is 9.47 Å². The summed E-state index contributed by atoms with van der Waals surface area (Å²) in [5, 5.41) is -0.891. The van der Waals surface area contributed by atoms with Crippen LogP contribution in [0.1, 0.15) is 0 Å². The van der Waals surface area contributed by atoms with Crippen LogP contribution in [-0.4, -0.2) is 30.1 Å². The minimum Gasteiger partial charge on any atom is -0.497 e. The Balaban J connectivity index is 1.96. The number of rotatable bonds is 2. The van der Waals surface area contributed by atoms with E-state index in [2.05, 4.69) is 0 Å². The molecule has 0 aromatic heterocycles. The fraction of sp³-hybridized carbons (Fsp3) is 0.231. The van der Waals surface area contributed by atoms with Crippen LogP contribution in [0.25, 0.3) is 0 Å². The number of ether oxygens (including phenoxy) is 2. The van der Waals surface area contributed by atoms with Gasteiger partial charge in [0.15, 0.2) is 5.38 Å². The summed E-state index contributed by atoms with van der Waals surface area (Å²) in [5.41, 5.74) is -0.591. The van der Waals surface area contributed by atoms with E-state index in [0.29, 0.717) is 11.4 Å². The average Bonchev–Trinajstić information content (AvgIpc) is 2.84. The lowest BCUT2D eigenvalue weighted by atomic mass is 9.95. The zero-order valence-corrected chi connectivity index (χ0v) is 10.8. The van der Waals surface area contributed by atoms with Gasteiger partial charge in [0.1, 0.15) is 5.75 Å². The standard InChI is InChI=1S/C13H10ClNO4/c1-18-9-4-2-8(3-5-9)15-12(17)11(14)13(15)7-6-10(16)19-13/h2-7,11H,1H3/t11-,13+/m1/s1. The molecule has 98 valence electrons. The summed E-state index contributed by atoms with van der Waals surface area (Å²) in [5.74, 6) is -0.130. The van der Waals surface area contributed by atoms with E-state index in [1.807, 2.05) is 0 Å². The number of methoxy groups -OCH3 is 1. The Morgan fingerprint density at radius 2 is 2.00 bits per heavy atom. The molecule has 6 heteroatoms. The molecule has 3 rings (SSSR count). The number of hydrogen-bond donors (Lipinski definition) is 0. The van der Waals surface area contributed by atoms with Crippen molar-refractivity contribution in [1.29, 1.82) is 0 Å². The van der Waals surface area contributed by atoms with Crippen LogP contribution in [0, 0.1) is 0 Å². The number of benzene rings is 1. The van der Waals surface area contributed by atoms with Crippen molar-refractivity contribution >= 4 is 29.2 Å². The molecule has 1 aromatic rings. The highest BCUT2D eigenvalue weighted by atomic mass is 35.5. The number of halogens is 1. The Kier molecular flexibility index (Phi) is 2.53. The van der Waals surface area contributed by atoms with E-state index >= 15 is 0 Å². The van der Waals surface area contributed by atoms with Crippen LogP contribution in [0.15, 0.2) is 36.4 Å². The molecule has 0 N–H and O–H groups in total. The summed E-state index contributed by atoms with van der Waals surface area (Å²) in [6, 6.07) is 6.86. The second kappa shape index (κ2) is 3.99. The molecule has 2 heterocycles. The number of amides is 1. The highest BCUT2D eigenvalue weighted by Crippen LogP contribution is 2.44. The number of hydrogen-bond acceptors (Lipinski definition) is 4. The number of β-lactam (4-membered cyclic amide) rings is 1. The molecule has 1 aromatic carbocycles. The molecule has 1 amide bonds. The molecular weight excluding hydrogens is 270 g/mol. The maximum atomic E-state index is 11.9. The summed E-state index contributed by atoms with van der Waals surface area (Å²) in [6.07, 6.45) is 2.79. The summed E-state index contributed by atoms with van der Waals surface area (Å²) < 4.78 is 10.2. The first kappa shape index (κ1) is 12.0. The van der Waals surface area contributed by atoms with Crippen LogP contribution < -0.4 is 9.64 Å². The van der Waals surface area contributed by atoms with Gasteiger partial charge in [0.05, 0.1) is 7.11 Å². The van der Waals surface area contributed by atoms with Gasteiger partial charge in [-0.05, 0) is 30.3 Å². The number of anilines is 1. The highest BCUT2D eigenvalue weighted by molar-refractivity contribution is 6.38. The normalized spacial score (nSPS) is 28.5. The molecular formula is C13H10ClNO4. The SMILES string of the molecule is COc1ccc(N2C(=O)[C@@H](Cl)[C@@]23C=CC(=O)O3)cc1. The van der Waals surface area contributed by atoms with Crippen LogP contribution in [-0.2, 0) is 14.3 Å². The first-order chi connectivity index (χ1) is 9.08. The van der Waals surface area contributed by atoms with Crippen molar-refractivity contribution in [3.8, 4) is 5.75 Å². The van der Waals surface area contributed by atoms with E-state index in [9.17, 15) is 9.59 Å². The van der Waals surface area contributed by atoms with Crippen LogP contribution in [0.3, 0.4) is 0 Å². The summed E-state index contributed by atoms with van der Waals surface area (Å²) in [4.78, 5) is 24.5. The fourth-order valence-electron chi connectivity index (χ4n) is 2.24. The second-order valence-corrected chi connectivity index (χ2v) is 4.68. The van der Waals surface area contributed by atoms with Gasteiger partial charge in [-0.15, -0.1) is 11.6 Å². The van der Waals surface area contributed by atoms with Crippen LogP contribution in [0.4, 0.5) is 5.69 Å². The molecule has 0 radical (unpaired) electrons. The lowest BCUT2D eigenvalue weighted by molar-refractivity contribution is -0.156. The predicted molar refractivity (Wildman–Crippen MR) is 68.1 cm³/mol. The maximum Gasteiger partial charge on any atom is 0.333 e. The highest BCUT2D eigenvalue weighted by Gasteiger charge is 2.63. The second-order valence-electron chi connectivity index (χ2n) is 4.24. The Hall–Kier alpha value is -2.01. The van der Waals surface area contributed by atoms with Gasteiger partial charge >= 0.3 is 5.97 Å². The maximum absolute atomic E-state index is 11.9. The average molecular weight is 280 g/mol. The molecule has 5 nitrogen and oxygen atoms in total. The molecule has 2 aliphatic rings. The Morgan fingerprint density at radius 1 is 1.32 bits per heavy atom. The fourth-order valence-corrected chi connectivity index (χ4v) is 2.56. The first-order valence-corrected chi connectivity index (χ1v) is 6.06. The van der Waals surface area contributed by atoms with E-state index in [1.54, 1.807) is 31.4 Å². The van der Waals surface area contributed by atoms with Gasteiger partial charge in [-0.25, -0.2) is 4.79 Å². The van der Waals surface area contributed by atoms with E-state index < -0.39 is 17.1 Å². The number of esters is 1. The smallest absolute Gasteiger partial charge is 0.333 e. The zero-order valence-electron chi connectivity index (χ0n) is 10.00. The largest absolute Gasteiger partial charge is 0.497 e. The van der Waals surface area contributed by atoms with Crippen molar-refractivity contribution in [2.45, 2.75) is 11.1 Å². The molecule has 19 heavy (non-hydrogen) atoms. The topological polar surface area (TPSA) is 55.8 Å². The van der Waals surface area contributed by atoms with Gasteiger partial charge in [0.2, 0.25) is 5.72 Å². The third kappa shape index (κ3) is 1.55. The quantitative estimate of drug-likeness (QED) is 0.467. The number of carbonyl (C=O) groups is 2. The van der Waals surface area contributed by atoms with Gasteiger partial charge in [0.25, 0.3) is 5.91 Å². The van der Waals surface area contributed by atoms with Gasteiger partial charge in [0, 0.05) is 11.8 Å². The first-order valence-electron chi connectivity index (χ1n) is 5.63. The predicted octanol–water partition coefficient (Wildman–Crippen LogP) is 1.46. The Morgan fingerprint density at radius 3 is 2.53 bits per heavy atom. The van der Waals surface area contributed by atoms with Crippen LogP contribution in [0.5, 0.6) is 5.75 Å². The molecule has 0 saturated carbocycles. The van der Waals surface area contributed by atoms with Crippen molar-refractivity contribution < 1.29 is 19.1 Å². The minimum absolute atomic E-state index is 0.300. The van der Waals surface area contributed by atoms with Crippen molar-refractivity contribution in [2.24, 2.45) is 0 Å². The molecule has 1 spiro atoms. The van der Waals surface area contributed by atoms with Gasteiger partial charge in [-0.3, -0.25) is 9.69 Å². The third-order valence-corrected chi connectivity index (χ3v) is 3.70. The van der Waals surface area contributed by atoms with E-state index in [-0.39, 0.29) is 5.91 Å². The van der Waals surface area contributed by atoms with Crippen LogP contribution >= 0.6 is 11.6 Å². The van der Waals surface area contributed by atoms with Crippen molar-refractivity contribution in [2.75, 3.05) is 12.0 Å². The van der Waals surface area contributed by atoms with Crippen LogP contribution in [0.2, 0.25) is 0 Å². The summed E-state index contributed by atoms with van der Waals surface area (Å²) in [7, 11) is 1.56. The third-order valence-electron chi connectivity index (χ3n) is 3.20. The molecule has 0 bridgehead atoms. The number of alkyl halides is 1. The van der Waals surface area contributed by atoms with Crippen molar-refractivity contribution in [3.63, 3.8) is 0 Å². The molecule has 2 aliphatic heterocycles. The number of carbonyl (C=O) groups excluding carboxylic acids is 2. The molecule has 1 fully saturated rings. The van der Waals surface area contributed by atoms with E-state index in [4.69, 9.17) is 21.1 Å². The van der Waals surface area contributed by atoms with Gasteiger partial charge in [-0.1, -0.05) is 0 Å². The Bertz CT molecular complexity index is 583. The lowest BCUT2D eigenvalue weighted by Crippen LogP contribution is -2.72. The molecule has 1 saturated heterocycles. The van der Waals surface area contributed by atoms with Gasteiger partial charge in [-0.2, -0.15) is 0 Å². The monoisotopic (exact) mass is 279 g/mol. The summed E-state index contributed by atoms with van der Waals surface area (Å²) in [6.45, 7) is 0. The van der Waals surface area contributed by atoms with Crippen molar-refractivity contribution in [3.05, 3.63) is 36.4 Å². The number of nitrogens with zero attached hydrogens (tertiary/aromatic N) is 1.